The van der Waals surface area contributed by atoms with Crippen molar-refractivity contribution in [3.8, 4) is 0 Å². The molecule has 0 bridgehead atoms. The maximum absolute atomic E-state index is 11.9. The number of hydrogen-bond donors (Lipinski definition) is 0. The van der Waals surface area contributed by atoms with E-state index in [4.69, 9.17) is 20.8 Å². The fourth-order valence-electron chi connectivity index (χ4n) is 0.740. The van der Waals surface area contributed by atoms with Crippen molar-refractivity contribution in [3.63, 3.8) is 0 Å². The van der Waals surface area contributed by atoms with Crippen LogP contribution in [0.1, 0.15) is 0 Å². The molecule has 5 nitrogen and oxygen atoms in total. The molecule has 90 valence electrons. The molecule has 0 aromatic heterocycles. The Kier molecular flexibility index (Phi) is 12.5. The second-order valence-electron chi connectivity index (χ2n) is 2.58. The fourth-order valence-corrected chi connectivity index (χ4v) is 1.89. The highest BCUT2D eigenvalue weighted by atomic mass is 27.3. The van der Waals surface area contributed by atoms with Crippen molar-refractivity contribution in [1.82, 2.24) is 0 Å². The van der Waals surface area contributed by atoms with Crippen LogP contribution in [0, 0.1) is 0 Å². The van der Waals surface area contributed by atoms with Crippen molar-refractivity contribution in [2.75, 3.05) is 53.9 Å². The predicted octanol–water partition coefficient (Wildman–Crippen LogP) is 0.283. The first-order chi connectivity index (χ1) is 7.35. The van der Waals surface area contributed by atoms with Crippen LogP contribution in [-0.2, 0) is 20.8 Å². The van der Waals surface area contributed by atoms with E-state index < -0.39 is 21.8 Å². The average molecular weight is 240 g/mol. The normalized spacial score (nSPS) is 10.6. The number of rotatable bonds is 11. The summed E-state index contributed by atoms with van der Waals surface area (Å²) in [6, 6.07) is 0. The predicted molar refractivity (Wildman–Crippen MR) is 53.3 cm³/mol. The molecule has 0 saturated heterocycles. The maximum Gasteiger partial charge on any atom is 0.905 e. The van der Waals surface area contributed by atoms with Crippen LogP contribution in [0.3, 0.4) is 0 Å². The number of halogens is 1. The van der Waals surface area contributed by atoms with Crippen LogP contribution in [0.25, 0.3) is 0 Å². The standard InChI is InChI=1S/2C3H7O2.C2H4FO.Al/c2*1-5-3-2-4;3-1-2-4;/h2*2-3H2,1H3;1-2H2;/q3*-1;+3. The molecule has 0 rings (SSSR count). The van der Waals surface area contributed by atoms with Gasteiger partial charge in [-0.05, 0) is 0 Å². The first kappa shape index (κ1) is 15.3. The van der Waals surface area contributed by atoms with Crippen molar-refractivity contribution >= 4 is 15.1 Å². The third-order valence-electron chi connectivity index (χ3n) is 1.41. The minimum Gasteiger partial charge on any atom is -0.452 e. The van der Waals surface area contributed by atoms with Gasteiger partial charge < -0.3 is 20.8 Å². The average Bonchev–Trinajstić information content (AvgIpc) is 2.25. The SMILES string of the molecule is COCC[O][Al]([O]CCF)[O]CCOC. The largest absolute Gasteiger partial charge is 0.905 e. The molecule has 0 spiro atoms. The minimum absolute atomic E-state index is 0.0108. The minimum atomic E-state index is -2.21. The molecule has 0 aromatic rings. The molecule has 0 fully saturated rings. The third-order valence-corrected chi connectivity index (χ3v) is 2.94. The summed E-state index contributed by atoms with van der Waals surface area (Å²) < 4.78 is 37.1. The van der Waals surface area contributed by atoms with E-state index in [0.29, 0.717) is 26.4 Å². The van der Waals surface area contributed by atoms with E-state index in [9.17, 15) is 4.39 Å². The zero-order valence-corrected chi connectivity index (χ0v) is 10.4. The molecule has 0 heterocycles. The van der Waals surface area contributed by atoms with Crippen molar-refractivity contribution in [1.29, 1.82) is 0 Å². The molecular formula is C8H18AlFO5. The van der Waals surface area contributed by atoms with Crippen molar-refractivity contribution in [2.24, 2.45) is 0 Å². The Morgan fingerprint density at radius 2 is 1.27 bits per heavy atom. The highest BCUT2D eigenvalue weighted by Gasteiger charge is 2.30. The Morgan fingerprint density at radius 1 is 0.800 bits per heavy atom. The molecule has 0 aliphatic heterocycles. The van der Waals surface area contributed by atoms with Crippen molar-refractivity contribution < 1.29 is 25.2 Å². The molecule has 0 atom stereocenters. The van der Waals surface area contributed by atoms with Gasteiger partial charge in [0.2, 0.25) is 0 Å². The summed E-state index contributed by atoms with van der Waals surface area (Å²) in [6.45, 7) is 1.20. The molecule has 0 aliphatic carbocycles. The van der Waals surface area contributed by atoms with Crippen LogP contribution < -0.4 is 0 Å². The molecule has 0 unspecified atom stereocenters. The van der Waals surface area contributed by atoms with Gasteiger partial charge in [-0.1, -0.05) is 0 Å². The van der Waals surface area contributed by atoms with E-state index in [1.54, 1.807) is 14.2 Å². The quantitative estimate of drug-likeness (QED) is 0.383. The summed E-state index contributed by atoms with van der Waals surface area (Å²) in [5, 5.41) is 0. The summed E-state index contributed by atoms with van der Waals surface area (Å²) in [6.07, 6.45) is 0. The van der Waals surface area contributed by atoms with Crippen LogP contribution in [0.2, 0.25) is 0 Å². The smallest absolute Gasteiger partial charge is 0.452 e. The lowest BCUT2D eigenvalue weighted by atomic mass is 10.8. The van der Waals surface area contributed by atoms with Gasteiger partial charge in [-0.25, -0.2) is 4.39 Å². The van der Waals surface area contributed by atoms with Crippen LogP contribution in [-0.4, -0.2) is 69.1 Å². The zero-order chi connectivity index (χ0) is 11.4. The zero-order valence-electron chi connectivity index (χ0n) is 9.24. The third kappa shape index (κ3) is 10.5. The molecule has 0 amide bonds. The topological polar surface area (TPSA) is 46.2 Å². The summed E-state index contributed by atoms with van der Waals surface area (Å²) in [5.74, 6) is 0. The molecule has 0 aliphatic rings. The molecule has 0 radical (unpaired) electrons. The molecular weight excluding hydrogens is 222 g/mol. The molecule has 7 heteroatoms. The molecule has 0 aromatic carbocycles. The van der Waals surface area contributed by atoms with E-state index in [1.807, 2.05) is 0 Å². The number of ether oxygens (including phenoxy) is 2. The van der Waals surface area contributed by atoms with Gasteiger partial charge in [0.15, 0.2) is 0 Å². The van der Waals surface area contributed by atoms with Gasteiger partial charge in [-0.2, -0.15) is 0 Å². The van der Waals surface area contributed by atoms with Gasteiger partial charge in [0.05, 0.1) is 13.2 Å². The first-order valence-corrected chi connectivity index (χ1v) is 6.15. The molecule has 0 saturated carbocycles. The lowest BCUT2D eigenvalue weighted by Crippen LogP contribution is -2.30. The number of alkyl halides is 1. The van der Waals surface area contributed by atoms with Gasteiger partial charge >= 0.3 is 15.1 Å². The maximum atomic E-state index is 11.9. The summed E-state index contributed by atoms with van der Waals surface area (Å²) in [7, 11) is 3.16. The van der Waals surface area contributed by atoms with Crippen molar-refractivity contribution in [3.05, 3.63) is 0 Å². The lowest BCUT2D eigenvalue weighted by molar-refractivity contribution is 0.0479. The lowest BCUT2D eigenvalue weighted by Gasteiger charge is -2.12. The van der Waals surface area contributed by atoms with Gasteiger partial charge in [0, 0.05) is 34.0 Å². The molecule has 15 heavy (non-hydrogen) atoms. The van der Waals surface area contributed by atoms with Gasteiger partial charge in [-0.3, -0.25) is 0 Å². The highest BCUT2D eigenvalue weighted by Crippen LogP contribution is 1.93. The number of methoxy groups -OCH3 is 2. The van der Waals surface area contributed by atoms with Crippen LogP contribution in [0.15, 0.2) is 0 Å². The number of hydrogen-bond acceptors (Lipinski definition) is 5. The van der Waals surface area contributed by atoms with Crippen molar-refractivity contribution in [2.45, 2.75) is 0 Å². The monoisotopic (exact) mass is 240 g/mol. The second-order valence-corrected chi connectivity index (χ2v) is 4.15. The summed E-state index contributed by atoms with van der Waals surface area (Å²) in [4.78, 5) is 0. The second kappa shape index (κ2) is 12.3. The summed E-state index contributed by atoms with van der Waals surface area (Å²) >= 11 is -2.21. The van der Waals surface area contributed by atoms with E-state index >= 15 is 0 Å². The fraction of sp³-hybridized carbons (Fsp3) is 1.00. The van der Waals surface area contributed by atoms with E-state index in [2.05, 4.69) is 0 Å². The first-order valence-electron chi connectivity index (χ1n) is 4.73. The Balaban J connectivity index is 3.53. The Labute approximate surface area is 94.8 Å². The van der Waals surface area contributed by atoms with Crippen LogP contribution in [0.4, 0.5) is 4.39 Å². The highest BCUT2D eigenvalue weighted by molar-refractivity contribution is 6.36. The summed E-state index contributed by atoms with van der Waals surface area (Å²) in [5.41, 5.74) is 0. The van der Waals surface area contributed by atoms with Gasteiger partial charge in [-0.15, -0.1) is 0 Å². The van der Waals surface area contributed by atoms with Gasteiger partial charge in [0.25, 0.3) is 0 Å². The molecule has 0 N–H and O–H groups in total. The Morgan fingerprint density at radius 3 is 1.67 bits per heavy atom. The van der Waals surface area contributed by atoms with Crippen LogP contribution in [0.5, 0.6) is 0 Å². The Hall–Kier alpha value is 0.262. The van der Waals surface area contributed by atoms with E-state index in [-0.39, 0.29) is 6.61 Å². The Bertz CT molecular complexity index is 120. The van der Waals surface area contributed by atoms with Crippen LogP contribution >= 0.6 is 0 Å². The van der Waals surface area contributed by atoms with E-state index in [0.717, 1.165) is 0 Å². The van der Waals surface area contributed by atoms with Gasteiger partial charge in [0.1, 0.15) is 6.67 Å². The van der Waals surface area contributed by atoms with E-state index in [1.165, 1.54) is 0 Å².